The second-order valence-corrected chi connectivity index (χ2v) is 8.62. The maximum Gasteiger partial charge on any atom is 0.274 e. The molecule has 8 heteroatoms. The quantitative estimate of drug-likeness (QED) is 0.493. The van der Waals surface area contributed by atoms with E-state index in [-0.39, 0.29) is 36.5 Å². The van der Waals surface area contributed by atoms with Gasteiger partial charge in [-0.3, -0.25) is 9.59 Å². The number of ether oxygens (including phenoxy) is 1. The number of likely N-dealkylation sites (tertiary alicyclic amines) is 1. The summed E-state index contributed by atoms with van der Waals surface area (Å²) in [6.45, 7) is 1.13. The third-order valence-electron chi connectivity index (χ3n) is 5.14. The van der Waals surface area contributed by atoms with Gasteiger partial charge < -0.3 is 9.64 Å². The van der Waals surface area contributed by atoms with Gasteiger partial charge in [0.2, 0.25) is 5.91 Å². The van der Waals surface area contributed by atoms with Crippen molar-refractivity contribution in [1.29, 1.82) is 0 Å². The minimum atomic E-state index is -0.354. The van der Waals surface area contributed by atoms with Gasteiger partial charge in [0.15, 0.2) is 5.78 Å². The first kappa shape index (κ1) is 20.8. The van der Waals surface area contributed by atoms with Crippen molar-refractivity contribution in [3.8, 4) is 5.19 Å². The van der Waals surface area contributed by atoms with Crippen LogP contribution in [-0.4, -0.2) is 40.8 Å². The van der Waals surface area contributed by atoms with E-state index in [0.29, 0.717) is 47.2 Å². The summed E-state index contributed by atoms with van der Waals surface area (Å²) < 4.78 is 20.5. The summed E-state index contributed by atoms with van der Waals surface area (Å²) in [5, 5.41) is 1.03. The molecule has 0 N–H and O–H groups in total. The molecule has 1 amide bonds. The number of hydrogen-bond donors (Lipinski definition) is 0. The molecule has 0 aliphatic carbocycles. The molecule has 1 saturated heterocycles. The van der Waals surface area contributed by atoms with Crippen LogP contribution >= 0.6 is 22.9 Å². The van der Waals surface area contributed by atoms with Crippen LogP contribution in [0.25, 0.3) is 10.2 Å². The highest BCUT2D eigenvalue weighted by atomic mass is 35.5. The normalized spacial score (nSPS) is 14.8. The number of carbonyl (C=O) groups excluding carboxylic acids is 2. The molecule has 5 nitrogen and oxygen atoms in total. The van der Waals surface area contributed by atoms with E-state index in [2.05, 4.69) is 4.98 Å². The van der Waals surface area contributed by atoms with Gasteiger partial charge in [0.1, 0.15) is 17.4 Å². The molecule has 0 bridgehead atoms. The lowest BCUT2D eigenvalue weighted by atomic mass is 10.0. The molecule has 0 saturated carbocycles. The molecule has 4 rings (SSSR count). The molecule has 0 spiro atoms. The fourth-order valence-corrected chi connectivity index (χ4v) is 4.49. The van der Waals surface area contributed by atoms with Gasteiger partial charge in [-0.05, 0) is 36.4 Å². The number of benzene rings is 2. The zero-order chi connectivity index (χ0) is 21.1. The summed E-state index contributed by atoms with van der Waals surface area (Å²) in [7, 11) is 0. The third kappa shape index (κ3) is 4.79. The molecule has 0 radical (unpaired) electrons. The second kappa shape index (κ2) is 9.10. The lowest BCUT2D eigenvalue weighted by Gasteiger charge is -2.31. The maximum atomic E-state index is 13.8. The number of halogens is 2. The van der Waals surface area contributed by atoms with Crippen LogP contribution in [0.15, 0.2) is 42.5 Å². The molecule has 1 aliphatic heterocycles. The molecule has 30 heavy (non-hydrogen) atoms. The predicted molar refractivity (Wildman–Crippen MR) is 115 cm³/mol. The number of ketones is 1. The lowest BCUT2D eigenvalue weighted by molar-refractivity contribution is -0.132. The first-order valence-corrected chi connectivity index (χ1v) is 11.0. The second-order valence-electron chi connectivity index (χ2n) is 7.19. The van der Waals surface area contributed by atoms with E-state index in [1.165, 1.54) is 17.4 Å². The van der Waals surface area contributed by atoms with Crippen LogP contribution in [0.5, 0.6) is 5.19 Å². The van der Waals surface area contributed by atoms with Crippen LogP contribution in [0.3, 0.4) is 0 Å². The highest BCUT2D eigenvalue weighted by Crippen LogP contribution is 2.31. The number of nitrogens with zero attached hydrogens (tertiary/aromatic N) is 2. The minimum absolute atomic E-state index is 0.0298. The van der Waals surface area contributed by atoms with Gasteiger partial charge >= 0.3 is 0 Å². The molecule has 2 aromatic carbocycles. The summed E-state index contributed by atoms with van der Waals surface area (Å²) in [4.78, 5) is 30.7. The summed E-state index contributed by atoms with van der Waals surface area (Å²) in [5.74, 6) is -0.453. The number of piperidine rings is 1. The number of Topliss-reactive ketones (excluding diaryl/α,β-unsaturated/α-hetero) is 1. The summed E-state index contributed by atoms with van der Waals surface area (Å²) in [6, 6.07) is 11.5. The number of fused-ring (bicyclic) bond motifs is 1. The van der Waals surface area contributed by atoms with Crippen molar-refractivity contribution in [3.05, 3.63) is 58.9 Å². The van der Waals surface area contributed by atoms with Gasteiger partial charge in [-0.2, -0.15) is 4.98 Å². The summed E-state index contributed by atoms with van der Waals surface area (Å²) in [5.41, 5.74) is 0.891. The van der Waals surface area contributed by atoms with Crippen LogP contribution in [0.4, 0.5) is 4.39 Å². The molecule has 3 aromatic rings. The Hall–Kier alpha value is -2.51. The van der Waals surface area contributed by atoms with Crippen LogP contribution in [-0.2, 0) is 4.79 Å². The number of para-hydroxylation sites is 1. The van der Waals surface area contributed by atoms with Gasteiger partial charge in [-0.15, -0.1) is 0 Å². The molecule has 1 aromatic heterocycles. The molecule has 2 heterocycles. The Morgan fingerprint density at radius 3 is 2.57 bits per heavy atom. The van der Waals surface area contributed by atoms with E-state index in [1.807, 2.05) is 6.07 Å². The molecule has 0 atom stereocenters. The first-order chi connectivity index (χ1) is 14.5. The van der Waals surface area contributed by atoms with E-state index >= 15 is 0 Å². The van der Waals surface area contributed by atoms with Crippen molar-refractivity contribution in [3.63, 3.8) is 0 Å². The van der Waals surface area contributed by atoms with Gasteiger partial charge in [0, 0.05) is 49.4 Å². The third-order valence-corrected chi connectivity index (χ3v) is 6.31. The predicted octanol–water partition coefficient (Wildman–Crippen LogP) is 5.12. The van der Waals surface area contributed by atoms with Crippen molar-refractivity contribution in [2.75, 3.05) is 13.1 Å². The van der Waals surface area contributed by atoms with Crippen molar-refractivity contribution in [2.24, 2.45) is 0 Å². The average molecular weight is 447 g/mol. The number of carbonyl (C=O) groups is 2. The average Bonchev–Trinajstić information content (AvgIpc) is 3.17. The molecular formula is C22H20ClFN2O3S. The minimum Gasteiger partial charge on any atom is -0.467 e. The SMILES string of the molecule is O=C(CCC(=O)N1CCC(Oc2nc3c(F)cccc3s2)CC1)c1ccc(Cl)cc1. The molecular weight excluding hydrogens is 427 g/mol. The first-order valence-electron chi connectivity index (χ1n) is 9.78. The highest BCUT2D eigenvalue weighted by molar-refractivity contribution is 7.20. The number of amides is 1. The number of hydrogen-bond acceptors (Lipinski definition) is 5. The van der Waals surface area contributed by atoms with E-state index in [0.717, 1.165) is 4.70 Å². The van der Waals surface area contributed by atoms with Crippen LogP contribution in [0.1, 0.15) is 36.0 Å². The zero-order valence-corrected chi connectivity index (χ0v) is 17.7. The van der Waals surface area contributed by atoms with Gasteiger partial charge in [0.05, 0.1) is 4.70 Å². The number of aromatic nitrogens is 1. The van der Waals surface area contributed by atoms with Crippen molar-refractivity contribution in [2.45, 2.75) is 31.8 Å². The number of thiazole rings is 1. The van der Waals surface area contributed by atoms with Gasteiger partial charge in [-0.25, -0.2) is 4.39 Å². The molecule has 0 unspecified atom stereocenters. The lowest BCUT2D eigenvalue weighted by Crippen LogP contribution is -2.41. The van der Waals surface area contributed by atoms with Gasteiger partial charge in [-0.1, -0.05) is 29.0 Å². The van der Waals surface area contributed by atoms with Crippen molar-refractivity contribution < 1.29 is 18.7 Å². The maximum absolute atomic E-state index is 13.8. The van der Waals surface area contributed by atoms with Crippen LogP contribution < -0.4 is 4.74 Å². The Labute approximate surface area is 182 Å². The molecule has 156 valence electrons. The largest absolute Gasteiger partial charge is 0.467 e. The smallest absolute Gasteiger partial charge is 0.274 e. The van der Waals surface area contributed by atoms with Crippen molar-refractivity contribution in [1.82, 2.24) is 9.88 Å². The Kier molecular flexibility index (Phi) is 6.29. The Bertz CT molecular complexity index is 1060. The van der Waals surface area contributed by atoms with E-state index < -0.39 is 0 Å². The Morgan fingerprint density at radius 1 is 1.13 bits per heavy atom. The van der Waals surface area contributed by atoms with Crippen molar-refractivity contribution >= 4 is 44.8 Å². The fourth-order valence-electron chi connectivity index (χ4n) is 3.47. The Morgan fingerprint density at radius 2 is 1.87 bits per heavy atom. The summed E-state index contributed by atoms with van der Waals surface area (Å²) >= 11 is 7.16. The highest BCUT2D eigenvalue weighted by Gasteiger charge is 2.25. The van der Waals surface area contributed by atoms with E-state index in [1.54, 1.807) is 35.2 Å². The van der Waals surface area contributed by atoms with Crippen LogP contribution in [0, 0.1) is 5.82 Å². The number of rotatable bonds is 6. The molecule has 1 aliphatic rings. The van der Waals surface area contributed by atoms with Crippen LogP contribution in [0.2, 0.25) is 5.02 Å². The monoisotopic (exact) mass is 446 g/mol. The van der Waals surface area contributed by atoms with E-state index in [4.69, 9.17) is 16.3 Å². The zero-order valence-electron chi connectivity index (χ0n) is 16.1. The topological polar surface area (TPSA) is 59.5 Å². The molecule has 1 fully saturated rings. The standard InChI is InChI=1S/C22H20ClFN2O3S/c23-15-6-4-14(5-7-15)18(27)8-9-20(28)26-12-10-16(11-13-26)29-22-25-21-17(24)2-1-3-19(21)30-22/h1-7,16H,8-13H2. The van der Waals surface area contributed by atoms with Gasteiger partial charge in [0.25, 0.3) is 5.19 Å². The fraction of sp³-hybridized carbons (Fsp3) is 0.318. The Balaban J connectivity index is 1.25. The summed E-state index contributed by atoms with van der Waals surface area (Å²) in [6.07, 6.45) is 1.65. The van der Waals surface area contributed by atoms with E-state index in [9.17, 15) is 14.0 Å².